The zero-order valence-electron chi connectivity index (χ0n) is 18.1. The van der Waals surface area contributed by atoms with Gasteiger partial charge in [0.05, 0.1) is 0 Å². The highest BCUT2D eigenvalue weighted by molar-refractivity contribution is 6.05. The predicted octanol–water partition coefficient (Wildman–Crippen LogP) is 1.80. The fourth-order valence-corrected chi connectivity index (χ4v) is 5.91. The van der Waals surface area contributed by atoms with Gasteiger partial charge in [-0.1, -0.05) is 18.6 Å². The van der Waals surface area contributed by atoms with Crippen LogP contribution in [0.5, 0.6) is 0 Å². The fourth-order valence-electron chi connectivity index (χ4n) is 5.91. The fraction of sp³-hybridized carbons (Fsp3) is 0.625. The average Bonchev–Trinajstić information content (AvgIpc) is 3.11. The maximum atomic E-state index is 13.1. The minimum absolute atomic E-state index is 0.0834. The van der Waals surface area contributed by atoms with Crippen LogP contribution in [0.4, 0.5) is 0 Å². The molecule has 2 N–H and O–H groups in total. The van der Waals surface area contributed by atoms with Crippen LogP contribution < -0.4 is 10.6 Å². The Morgan fingerprint density at radius 1 is 1.00 bits per heavy atom. The van der Waals surface area contributed by atoms with Gasteiger partial charge in [0.15, 0.2) is 0 Å². The smallest absolute Gasteiger partial charge is 0.255 e. The average molecular weight is 425 g/mol. The number of amides is 3. The highest BCUT2D eigenvalue weighted by atomic mass is 16.2. The van der Waals surface area contributed by atoms with E-state index in [0.717, 1.165) is 43.2 Å². The molecule has 0 saturated carbocycles. The van der Waals surface area contributed by atoms with Gasteiger partial charge < -0.3 is 10.2 Å². The van der Waals surface area contributed by atoms with Gasteiger partial charge in [0, 0.05) is 31.1 Å². The first-order valence-corrected chi connectivity index (χ1v) is 11.8. The molecular formula is C24H32N4O3. The third kappa shape index (κ3) is 4.13. The van der Waals surface area contributed by atoms with Crippen molar-refractivity contribution in [2.75, 3.05) is 19.6 Å². The molecule has 1 aromatic carbocycles. The molecule has 0 aromatic heterocycles. The van der Waals surface area contributed by atoms with Gasteiger partial charge >= 0.3 is 0 Å². The Labute approximate surface area is 183 Å². The standard InChI is InChI=1S/C24H32N4O3/c29-22-7-6-21(23(30)26-22)28-15-18-5-4-16(13-19(18)24(28)31)14-27-12-2-1-3-20(27)17-8-10-25-11-9-17/h4-5,13,17,20-21,25H,1-3,6-12,14-15H2,(H,26,29,30). The summed E-state index contributed by atoms with van der Waals surface area (Å²) in [4.78, 5) is 41.1. The number of fused-ring (bicyclic) bond motifs is 1. The molecule has 4 heterocycles. The molecule has 1 aromatic rings. The molecule has 0 aliphatic carbocycles. The van der Waals surface area contributed by atoms with E-state index in [1.165, 1.54) is 37.7 Å². The molecule has 4 aliphatic rings. The number of rotatable bonds is 4. The number of nitrogens with zero attached hydrogens (tertiary/aromatic N) is 2. The van der Waals surface area contributed by atoms with Gasteiger partial charge in [0.25, 0.3) is 5.91 Å². The summed E-state index contributed by atoms with van der Waals surface area (Å²) in [5.74, 6) is 0.0776. The Kier molecular flexibility index (Phi) is 5.80. The molecule has 2 unspecified atom stereocenters. The number of carbonyl (C=O) groups is 3. The van der Waals surface area contributed by atoms with Crippen molar-refractivity contribution in [3.05, 3.63) is 34.9 Å². The molecule has 4 aliphatic heterocycles. The van der Waals surface area contributed by atoms with Crippen LogP contribution in [-0.2, 0) is 22.7 Å². The summed E-state index contributed by atoms with van der Waals surface area (Å²) in [5, 5.41) is 5.85. The van der Waals surface area contributed by atoms with Crippen LogP contribution in [0.1, 0.15) is 66.4 Å². The molecule has 7 heteroatoms. The number of hydrogen-bond donors (Lipinski definition) is 2. The number of hydrogen-bond acceptors (Lipinski definition) is 5. The summed E-state index contributed by atoms with van der Waals surface area (Å²) in [6.07, 6.45) is 7.04. The quantitative estimate of drug-likeness (QED) is 0.721. The predicted molar refractivity (Wildman–Crippen MR) is 116 cm³/mol. The number of carbonyl (C=O) groups excluding carboxylic acids is 3. The van der Waals surface area contributed by atoms with E-state index in [2.05, 4.69) is 27.7 Å². The van der Waals surface area contributed by atoms with Gasteiger partial charge in [0.1, 0.15) is 6.04 Å². The lowest BCUT2D eigenvalue weighted by Gasteiger charge is -2.42. The van der Waals surface area contributed by atoms with Gasteiger partial charge in [-0.25, -0.2) is 0 Å². The molecule has 0 spiro atoms. The largest absolute Gasteiger partial charge is 0.322 e. The van der Waals surface area contributed by atoms with E-state index in [1.54, 1.807) is 4.90 Å². The van der Waals surface area contributed by atoms with Crippen molar-refractivity contribution < 1.29 is 14.4 Å². The lowest BCUT2D eigenvalue weighted by molar-refractivity contribution is -0.136. The third-order valence-corrected chi connectivity index (χ3v) is 7.57. The maximum Gasteiger partial charge on any atom is 0.255 e. The molecule has 3 saturated heterocycles. The third-order valence-electron chi connectivity index (χ3n) is 7.57. The van der Waals surface area contributed by atoms with Crippen LogP contribution in [0.3, 0.4) is 0 Å². The van der Waals surface area contributed by atoms with Gasteiger partial charge in [-0.3, -0.25) is 24.6 Å². The number of likely N-dealkylation sites (tertiary alicyclic amines) is 1. The van der Waals surface area contributed by atoms with Crippen molar-refractivity contribution in [3.63, 3.8) is 0 Å². The second kappa shape index (κ2) is 8.71. The lowest BCUT2D eigenvalue weighted by Crippen LogP contribution is -2.52. The normalized spacial score (nSPS) is 28.0. The maximum absolute atomic E-state index is 13.1. The number of nitrogens with one attached hydrogen (secondary N) is 2. The Balaban J connectivity index is 1.30. The zero-order valence-corrected chi connectivity index (χ0v) is 18.1. The lowest BCUT2D eigenvalue weighted by atomic mass is 9.84. The van der Waals surface area contributed by atoms with E-state index in [9.17, 15) is 14.4 Å². The van der Waals surface area contributed by atoms with Crippen LogP contribution >= 0.6 is 0 Å². The van der Waals surface area contributed by atoms with E-state index in [-0.39, 0.29) is 24.1 Å². The Hall–Kier alpha value is -2.25. The van der Waals surface area contributed by atoms with Crippen molar-refractivity contribution in [3.8, 4) is 0 Å². The molecule has 7 nitrogen and oxygen atoms in total. The molecule has 31 heavy (non-hydrogen) atoms. The van der Waals surface area contributed by atoms with Gasteiger partial charge in [0.2, 0.25) is 11.8 Å². The first-order chi connectivity index (χ1) is 15.1. The van der Waals surface area contributed by atoms with Crippen LogP contribution in [0.15, 0.2) is 18.2 Å². The van der Waals surface area contributed by atoms with E-state index < -0.39 is 6.04 Å². The summed E-state index contributed by atoms with van der Waals surface area (Å²) in [5.41, 5.74) is 2.88. The Bertz CT molecular complexity index is 880. The second-order valence-corrected chi connectivity index (χ2v) is 9.51. The molecular weight excluding hydrogens is 392 g/mol. The molecule has 0 bridgehead atoms. The van der Waals surface area contributed by atoms with Crippen LogP contribution in [0, 0.1) is 5.92 Å². The van der Waals surface area contributed by atoms with Crippen molar-refractivity contribution in [2.45, 2.75) is 70.1 Å². The SMILES string of the molecule is O=C1CCC(N2Cc3ccc(CN4CCCCC4C4CCNCC4)cc3C2=O)C(=O)N1. The molecule has 166 valence electrons. The zero-order chi connectivity index (χ0) is 21.4. The van der Waals surface area contributed by atoms with Crippen LogP contribution in [-0.4, -0.2) is 59.2 Å². The first-order valence-electron chi connectivity index (χ1n) is 11.8. The highest BCUT2D eigenvalue weighted by Crippen LogP contribution is 2.32. The monoisotopic (exact) mass is 424 g/mol. The Morgan fingerprint density at radius 3 is 2.65 bits per heavy atom. The topological polar surface area (TPSA) is 81.8 Å². The van der Waals surface area contributed by atoms with Crippen molar-refractivity contribution >= 4 is 17.7 Å². The highest BCUT2D eigenvalue weighted by Gasteiger charge is 2.39. The van der Waals surface area contributed by atoms with E-state index in [4.69, 9.17) is 0 Å². The van der Waals surface area contributed by atoms with Gasteiger partial charge in [-0.2, -0.15) is 0 Å². The minimum atomic E-state index is -0.549. The number of benzene rings is 1. The van der Waals surface area contributed by atoms with Gasteiger partial charge in [-0.15, -0.1) is 0 Å². The summed E-state index contributed by atoms with van der Waals surface area (Å²) in [7, 11) is 0. The summed E-state index contributed by atoms with van der Waals surface area (Å²) < 4.78 is 0. The number of piperidine rings is 3. The molecule has 3 amide bonds. The minimum Gasteiger partial charge on any atom is -0.322 e. The second-order valence-electron chi connectivity index (χ2n) is 9.51. The van der Waals surface area contributed by atoms with E-state index in [1.807, 2.05) is 6.07 Å². The van der Waals surface area contributed by atoms with E-state index in [0.29, 0.717) is 19.0 Å². The molecule has 0 radical (unpaired) electrons. The van der Waals surface area contributed by atoms with Gasteiger partial charge in [-0.05, 0) is 74.8 Å². The molecule has 5 rings (SSSR count). The summed E-state index contributed by atoms with van der Waals surface area (Å²) in [6.45, 7) is 4.70. The molecule has 3 fully saturated rings. The van der Waals surface area contributed by atoms with Crippen LogP contribution in [0.25, 0.3) is 0 Å². The summed E-state index contributed by atoms with van der Waals surface area (Å²) >= 11 is 0. The van der Waals surface area contributed by atoms with Crippen molar-refractivity contribution in [2.24, 2.45) is 5.92 Å². The van der Waals surface area contributed by atoms with E-state index >= 15 is 0 Å². The van der Waals surface area contributed by atoms with Crippen molar-refractivity contribution in [1.29, 1.82) is 0 Å². The van der Waals surface area contributed by atoms with Crippen LogP contribution in [0.2, 0.25) is 0 Å². The Morgan fingerprint density at radius 2 is 1.84 bits per heavy atom. The summed E-state index contributed by atoms with van der Waals surface area (Å²) in [6, 6.07) is 6.33. The first kappa shape index (κ1) is 20.6. The molecule has 2 atom stereocenters. The van der Waals surface area contributed by atoms with Crippen molar-refractivity contribution in [1.82, 2.24) is 20.4 Å². The number of imide groups is 1.